The van der Waals surface area contributed by atoms with Gasteiger partial charge in [-0.1, -0.05) is 6.07 Å². The van der Waals surface area contributed by atoms with E-state index in [9.17, 15) is 9.59 Å². The molecule has 7 heteroatoms. The minimum absolute atomic E-state index is 0.00667. The first-order valence-corrected chi connectivity index (χ1v) is 9.34. The molecule has 0 spiro atoms. The van der Waals surface area contributed by atoms with E-state index in [4.69, 9.17) is 4.74 Å². The van der Waals surface area contributed by atoms with Crippen molar-refractivity contribution in [2.45, 2.75) is 25.4 Å². The first-order valence-electron chi connectivity index (χ1n) is 9.34. The first-order chi connectivity index (χ1) is 13.1. The predicted octanol–water partition coefficient (Wildman–Crippen LogP) is 1.52. The zero-order chi connectivity index (χ0) is 18.8. The molecule has 2 aromatic heterocycles. The smallest absolute Gasteiger partial charge is 0.272 e. The number of ether oxygens (including phenoxy) is 1. The fourth-order valence-electron chi connectivity index (χ4n) is 4.16. The highest BCUT2D eigenvalue weighted by molar-refractivity contribution is 5.92. The van der Waals surface area contributed by atoms with Gasteiger partial charge in [0.2, 0.25) is 5.43 Å². The number of nitrogens with one attached hydrogen (secondary N) is 1. The summed E-state index contributed by atoms with van der Waals surface area (Å²) in [6.07, 6.45) is 5.47. The lowest BCUT2D eigenvalue weighted by Gasteiger charge is -2.35. The third kappa shape index (κ3) is 3.73. The van der Waals surface area contributed by atoms with Crippen LogP contribution in [0.4, 0.5) is 0 Å². The van der Waals surface area contributed by atoms with Gasteiger partial charge in [0.1, 0.15) is 5.69 Å². The average Bonchev–Trinajstić information content (AvgIpc) is 3.00. The quantitative estimate of drug-likeness (QED) is 0.885. The zero-order valence-electron chi connectivity index (χ0n) is 15.4. The van der Waals surface area contributed by atoms with Crippen LogP contribution in [0.1, 0.15) is 29.0 Å². The number of nitrogens with zero attached hydrogens (tertiary/aromatic N) is 3. The van der Waals surface area contributed by atoms with Gasteiger partial charge in [-0.3, -0.25) is 19.5 Å². The molecule has 1 amide bonds. The van der Waals surface area contributed by atoms with Crippen molar-refractivity contribution in [3.8, 4) is 5.75 Å². The van der Waals surface area contributed by atoms with E-state index in [0.29, 0.717) is 36.5 Å². The number of fused-ring (bicyclic) bond motifs is 4. The van der Waals surface area contributed by atoms with Crippen molar-refractivity contribution in [1.82, 2.24) is 19.8 Å². The Morgan fingerprint density at radius 2 is 2.19 bits per heavy atom. The molecule has 2 aromatic rings. The van der Waals surface area contributed by atoms with Crippen molar-refractivity contribution < 1.29 is 9.53 Å². The number of carbonyl (C=O) groups excluding carboxylic acids is 1. The summed E-state index contributed by atoms with van der Waals surface area (Å²) in [6, 6.07) is 7.34. The summed E-state index contributed by atoms with van der Waals surface area (Å²) >= 11 is 0. The average molecular weight is 368 g/mol. The Kier molecular flexibility index (Phi) is 4.94. The van der Waals surface area contributed by atoms with Gasteiger partial charge in [-0.15, -0.1) is 0 Å². The molecule has 5 rings (SSSR count). The predicted molar refractivity (Wildman–Crippen MR) is 101 cm³/mol. The van der Waals surface area contributed by atoms with E-state index in [1.165, 1.54) is 7.11 Å². The summed E-state index contributed by atoms with van der Waals surface area (Å²) in [6.45, 7) is 3.07. The van der Waals surface area contributed by atoms with Crippen LogP contribution in [0.5, 0.6) is 5.75 Å². The van der Waals surface area contributed by atoms with E-state index in [2.05, 4.69) is 14.9 Å². The second kappa shape index (κ2) is 7.52. The van der Waals surface area contributed by atoms with Crippen molar-refractivity contribution in [2.75, 3.05) is 26.7 Å². The zero-order valence-corrected chi connectivity index (χ0v) is 15.4. The van der Waals surface area contributed by atoms with Crippen LogP contribution < -0.4 is 10.2 Å². The SMILES string of the molecule is COc1c[nH]c(CN2C[C@H]3CC[C@@H]2CN(C(=O)c2ccccn2)C3)cc1=O. The number of H-pyrrole nitrogens is 1. The summed E-state index contributed by atoms with van der Waals surface area (Å²) < 4.78 is 5.03. The van der Waals surface area contributed by atoms with Crippen LogP contribution in [-0.2, 0) is 6.54 Å². The lowest BCUT2D eigenvalue weighted by Crippen LogP contribution is -2.44. The topological polar surface area (TPSA) is 78.5 Å². The van der Waals surface area contributed by atoms with E-state index in [1.807, 2.05) is 17.0 Å². The van der Waals surface area contributed by atoms with Crippen molar-refractivity contribution in [1.29, 1.82) is 0 Å². The Labute approximate surface area is 158 Å². The molecule has 3 fully saturated rings. The largest absolute Gasteiger partial charge is 0.491 e. The molecule has 0 aliphatic carbocycles. The van der Waals surface area contributed by atoms with Crippen LogP contribution in [0.25, 0.3) is 0 Å². The highest BCUT2D eigenvalue weighted by Crippen LogP contribution is 2.29. The molecule has 3 saturated heterocycles. The number of rotatable bonds is 4. The molecule has 0 aromatic carbocycles. The van der Waals surface area contributed by atoms with Crippen LogP contribution >= 0.6 is 0 Å². The number of hydrogen-bond donors (Lipinski definition) is 1. The van der Waals surface area contributed by atoms with E-state index < -0.39 is 0 Å². The van der Waals surface area contributed by atoms with Gasteiger partial charge in [0.05, 0.1) is 7.11 Å². The molecule has 0 unspecified atom stereocenters. The summed E-state index contributed by atoms with van der Waals surface area (Å²) in [5.41, 5.74) is 1.26. The third-order valence-electron chi connectivity index (χ3n) is 5.53. The van der Waals surface area contributed by atoms with Crippen LogP contribution in [-0.4, -0.2) is 58.5 Å². The molecule has 142 valence electrons. The third-order valence-corrected chi connectivity index (χ3v) is 5.53. The lowest BCUT2D eigenvalue weighted by molar-refractivity contribution is 0.0729. The molecule has 3 aliphatic heterocycles. The first kappa shape index (κ1) is 17.7. The highest BCUT2D eigenvalue weighted by Gasteiger charge is 2.36. The van der Waals surface area contributed by atoms with Crippen molar-refractivity contribution in [3.63, 3.8) is 0 Å². The van der Waals surface area contributed by atoms with Crippen LogP contribution in [0.2, 0.25) is 0 Å². The van der Waals surface area contributed by atoms with Crippen LogP contribution in [0.15, 0.2) is 41.5 Å². The molecule has 27 heavy (non-hydrogen) atoms. The van der Waals surface area contributed by atoms with Gasteiger partial charge in [-0.05, 0) is 30.9 Å². The van der Waals surface area contributed by atoms with Gasteiger partial charge in [-0.2, -0.15) is 0 Å². The van der Waals surface area contributed by atoms with E-state index >= 15 is 0 Å². The number of carbonyl (C=O) groups is 1. The normalized spacial score (nSPS) is 22.5. The molecule has 2 bridgehead atoms. The van der Waals surface area contributed by atoms with Crippen molar-refractivity contribution in [2.24, 2.45) is 5.92 Å². The number of aromatic amines is 1. The van der Waals surface area contributed by atoms with Crippen LogP contribution in [0.3, 0.4) is 0 Å². The van der Waals surface area contributed by atoms with Crippen molar-refractivity contribution in [3.05, 3.63) is 58.3 Å². The van der Waals surface area contributed by atoms with Crippen molar-refractivity contribution >= 4 is 5.91 Å². The second-order valence-electron chi connectivity index (χ2n) is 7.34. The van der Waals surface area contributed by atoms with Gasteiger partial charge in [0.15, 0.2) is 5.75 Å². The summed E-state index contributed by atoms with van der Waals surface area (Å²) in [4.78, 5) is 36.6. The van der Waals surface area contributed by atoms with Crippen LogP contribution in [0, 0.1) is 5.92 Å². The molecule has 2 atom stereocenters. The monoisotopic (exact) mass is 368 g/mol. The van der Waals surface area contributed by atoms with Gasteiger partial charge in [-0.25, -0.2) is 0 Å². The number of methoxy groups -OCH3 is 1. The summed E-state index contributed by atoms with van der Waals surface area (Å²) in [5, 5.41) is 0. The van der Waals surface area contributed by atoms with Gasteiger partial charge >= 0.3 is 0 Å². The Bertz CT molecular complexity index is 867. The maximum Gasteiger partial charge on any atom is 0.272 e. The highest BCUT2D eigenvalue weighted by atomic mass is 16.5. The molecule has 5 heterocycles. The number of hydrogen-bond acceptors (Lipinski definition) is 5. The molecule has 1 N–H and O–H groups in total. The summed E-state index contributed by atoms with van der Waals surface area (Å²) in [7, 11) is 1.49. The van der Waals surface area contributed by atoms with Gasteiger partial charge in [0.25, 0.3) is 5.91 Å². The number of aromatic nitrogens is 2. The number of amides is 1. The van der Waals surface area contributed by atoms with E-state index in [-0.39, 0.29) is 11.3 Å². The molecule has 0 radical (unpaired) electrons. The van der Waals surface area contributed by atoms with E-state index in [1.54, 1.807) is 24.5 Å². The van der Waals surface area contributed by atoms with E-state index in [0.717, 1.165) is 31.6 Å². The fourth-order valence-corrected chi connectivity index (χ4v) is 4.16. The molecule has 3 aliphatic rings. The minimum Gasteiger partial charge on any atom is -0.491 e. The standard InChI is InChI=1S/C20H24N4O3/c1-27-19-9-22-15(8-18(19)25)12-23-10-14-5-6-16(23)13-24(11-14)20(26)17-4-2-3-7-21-17/h2-4,7-9,14,16H,5-6,10-13H2,1H3,(H,22,25)/t14-,16-/m1/s1. The maximum absolute atomic E-state index is 12.8. The Balaban J connectivity index is 1.49. The van der Waals surface area contributed by atoms with Gasteiger partial charge < -0.3 is 14.6 Å². The number of pyridine rings is 2. The second-order valence-corrected chi connectivity index (χ2v) is 7.34. The van der Waals surface area contributed by atoms with Gasteiger partial charge in [0, 0.05) is 56.4 Å². The lowest BCUT2D eigenvalue weighted by atomic mass is 9.95. The molecule has 7 nitrogen and oxygen atoms in total. The Morgan fingerprint density at radius 3 is 2.93 bits per heavy atom. The Hall–Kier alpha value is -2.67. The minimum atomic E-state index is -0.113. The molecule has 0 saturated carbocycles. The molecular formula is C20H24N4O3. The summed E-state index contributed by atoms with van der Waals surface area (Å²) in [5.74, 6) is 0.775. The number of piperidine rings is 1. The maximum atomic E-state index is 12.8. The fraction of sp³-hybridized carbons (Fsp3) is 0.450. The molecular weight excluding hydrogens is 344 g/mol. The Morgan fingerprint density at radius 1 is 1.30 bits per heavy atom.